The predicted octanol–water partition coefficient (Wildman–Crippen LogP) is 4.06. The van der Waals surface area contributed by atoms with Crippen LogP contribution in [0.1, 0.15) is 18.5 Å². The van der Waals surface area contributed by atoms with Crippen LogP contribution in [0.25, 0.3) is 0 Å². The maximum absolute atomic E-state index is 10.6. The van der Waals surface area contributed by atoms with Crippen molar-refractivity contribution in [3.63, 3.8) is 0 Å². The molecule has 0 aliphatic carbocycles. The second-order valence-electron chi connectivity index (χ2n) is 4.33. The first-order valence-corrected chi connectivity index (χ1v) is 6.32. The molecule has 0 radical (unpaired) electrons. The van der Waals surface area contributed by atoms with Gasteiger partial charge in [0, 0.05) is 18.2 Å². The molecular weight excluding hydrogens is 280 g/mol. The molecular formula is C14H13ClN2O3. The third-order valence-electron chi connectivity index (χ3n) is 2.76. The van der Waals surface area contributed by atoms with E-state index in [9.17, 15) is 10.1 Å². The van der Waals surface area contributed by atoms with Gasteiger partial charge in [0.05, 0.1) is 9.95 Å². The van der Waals surface area contributed by atoms with Gasteiger partial charge in [-0.1, -0.05) is 23.7 Å². The zero-order valence-electron chi connectivity index (χ0n) is 10.7. The lowest BCUT2D eigenvalue weighted by atomic mass is 10.1. The molecule has 20 heavy (non-hydrogen) atoms. The largest absolute Gasteiger partial charge is 0.456 e. The lowest BCUT2D eigenvalue weighted by molar-refractivity contribution is -0.384. The van der Waals surface area contributed by atoms with Gasteiger partial charge in [-0.3, -0.25) is 10.1 Å². The summed E-state index contributed by atoms with van der Waals surface area (Å²) in [5.41, 5.74) is 6.68. The molecule has 0 heterocycles. The predicted molar refractivity (Wildman–Crippen MR) is 77.2 cm³/mol. The van der Waals surface area contributed by atoms with Crippen molar-refractivity contribution in [2.45, 2.75) is 13.0 Å². The van der Waals surface area contributed by atoms with Crippen molar-refractivity contribution in [3.05, 3.63) is 63.2 Å². The van der Waals surface area contributed by atoms with Gasteiger partial charge in [-0.15, -0.1) is 0 Å². The summed E-state index contributed by atoms with van der Waals surface area (Å²) in [6.45, 7) is 1.89. The Morgan fingerprint density at radius 3 is 2.40 bits per heavy atom. The first-order chi connectivity index (χ1) is 9.47. The maximum atomic E-state index is 10.6. The average molecular weight is 293 g/mol. The average Bonchev–Trinajstić information content (AvgIpc) is 2.41. The van der Waals surface area contributed by atoms with Gasteiger partial charge in [0.25, 0.3) is 5.69 Å². The monoisotopic (exact) mass is 292 g/mol. The van der Waals surface area contributed by atoms with Crippen LogP contribution >= 0.6 is 11.6 Å². The second-order valence-corrected chi connectivity index (χ2v) is 4.74. The molecule has 0 aliphatic rings. The van der Waals surface area contributed by atoms with E-state index in [4.69, 9.17) is 22.1 Å². The summed E-state index contributed by atoms with van der Waals surface area (Å²) in [4.78, 5) is 10.1. The quantitative estimate of drug-likeness (QED) is 0.681. The Morgan fingerprint density at radius 1 is 1.25 bits per heavy atom. The van der Waals surface area contributed by atoms with Crippen molar-refractivity contribution in [3.8, 4) is 11.5 Å². The molecule has 1 atom stereocenters. The summed E-state index contributed by atoms with van der Waals surface area (Å²) < 4.78 is 5.58. The number of benzene rings is 2. The van der Waals surface area contributed by atoms with Gasteiger partial charge in [0.15, 0.2) is 0 Å². The van der Waals surface area contributed by atoms with E-state index in [-0.39, 0.29) is 16.8 Å². The second kappa shape index (κ2) is 5.90. The van der Waals surface area contributed by atoms with Gasteiger partial charge in [0.2, 0.25) is 0 Å². The molecule has 5 nitrogen and oxygen atoms in total. The topological polar surface area (TPSA) is 78.4 Å². The molecule has 0 fully saturated rings. The third-order valence-corrected chi connectivity index (χ3v) is 3.06. The van der Waals surface area contributed by atoms with E-state index in [1.165, 1.54) is 18.2 Å². The van der Waals surface area contributed by atoms with Crippen LogP contribution in [0.3, 0.4) is 0 Å². The fraction of sp³-hybridized carbons (Fsp3) is 0.143. The normalized spacial score (nSPS) is 11.9. The minimum absolute atomic E-state index is 0.0491. The van der Waals surface area contributed by atoms with Crippen LogP contribution in [-0.4, -0.2) is 4.92 Å². The molecule has 6 heteroatoms. The molecule has 2 aromatic carbocycles. The van der Waals surface area contributed by atoms with Crippen molar-refractivity contribution < 1.29 is 9.66 Å². The number of nitro benzene ring substituents is 1. The fourth-order valence-electron chi connectivity index (χ4n) is 1.65. The Labute approximate surface area is 121 Å². The molecule has 2 N–H and O–H groups in total. The van der Waals surface area contributed by atoms with Gasteiger partial charge in [-0.05, 0) is 30.7 Å². The number of ether oxygens (including phenoxy) is 1. The Bertz CT molecular complexity index is 627. The zero-order chi connectivity index (χ0) is 14.7. The van der Waals surface area contributed by atoms with E-state index in [2.05, 4.69) is 0 Å². The van der Waals surface area contributed by atoms with E-state index in [1.54, 1.807) is 12.1 Å². The third kappa shape index (κ3) is 3.26. The Morgan fingerprint density at radius 2 is 1.90 bits per heavy atom. The van der Waals surface area contributed by atoms with Crippen LogP contribution in [0, 0.1) is 10.1 Å². The summed E-state index contributed by atoms with van der Waals surface area (Å²) in [6.07, 6.45) is 0. The molecule has 0 bridgehead atoms. The molecule has 0 spiro atoms. The van der Waals surface area contributed by atoms with Crippen molar-refractivity contribution in [2.75, 3.05) is 0 Å². The van der Waals surface area contributed by atoms with Gasteiger partial charge < -0.3 is 10.5 Å². The number of rotatable bonds is 4. The molecule has 0 unspecified atom stereocenters. The Balaban J connectivity index is 2.19. The number of nitrogens with zero attached hydrogens (tertiary/aromatic N) is 1. The minimum Gasteiger partial charge on any atom is -0.456 e. The van der Waals surface area contributed by atoms with E-state index in [0.29, 0.717) is 11.5 Å². The molecule has 0 saturated heterocycles. The summed E-state index contributed by atoms with van der Waals surface area (Å²) >= 11 is 5.96. The zero-order valence-corrected chi connectivity index (χ0v) is 11.5. The lowest BCUT2D eigenvalue weighted by Crippen LogP contribution is -2.04. The smallest absolute Gasteiger partial charge is 0.271 e. The molecule has 0 aliphatic heterocycles. The summed E-state index contributed by atoms with van der Waals surface area (Å²) in [7, 11) is 0. The molecule has 0 amide bonds. The molecule has 104 valence electrons. The van der Waals surface area contributed by atoms with Crippen LogP contribution in [0.2, 0.25) is 5.02 Å². The number of hydrogen-bond donors (Lipinski definition) is 1. The highest BCUT2D eigenvalue weighted by atomic mass is 35.5. The SMILES string of the molecule is C[C@@H](N)c1ccc(Oc2ccc([N+](=O)[O-])cc2Cl)cc1. The molecule has 2 rings (SSSR count). The maximum Gasteiger partial charge on any atom is 0.271 e. The van der Waals surface area contributed by atoms with E-state index in [0.717, 1.165) is 5.56 Å². The van der Waals surface area contributed by atoms with Gasteiger partial charge in [-0.25, -0.2) is 0 Å². The van der Waals surface area contributed by atoms with Crippen molar-refractivity contribution in [1.82, 2.24) is 0 Å². The van der Waals surface area contributed by atoms with Crippen LogP contribution in [0.15, 0.2) is 42.5 Å². The summed E-state index contributed by atoms with van der Waals surface area (Å²) in [5.74, 6) is 0.955. The van der Waals surface area contributed by atoms with E-state index < -0.39 is 4.92 Å². The number of nitrogens with two attached hydrogens (primary N) is 1. The van der Waals surface area contributed by atoms with Gasteiger partial charge in [0.1, 0.15) is 11.5 Å². The van der Waals surface area contributed by atoms with Crippen LogP contribution in [0.5, 0.6) is 11.5 Å². The van der Waals surface area contributed by atoms with Gasteiger partial charge in [-0.2, -0.15) is 0 Å². The Hall–Kier alpha value is -2.11. The number of halogens is 1. The first-order valence-electron chi connectivity index (χ1n) is 5.94. The number of nitro groups is 1. The summed E-state index contributed by atoms with van der Waals surface area (Å²) in [6, 6.07) is 11.3. The molecule has 0 saturated carbocycles. The lowest BCUT2D eigenvalue weighted by Gasteiger charge is -2.09. The van der Waals surface area contributed by atoms with E-state index >= 15 is 0 Å². The highest BCUT2D eigenvalue weighted by molar-refractivity contribution is 6.32. The van der Waals surface area contributed by atoms with Crippen molar-refractivity contribution in [1.29, 1.82) is 0 Å². The Kier molecular flexibility index (Phi) is 4.22. The van der Waals surface area contributed by atoms with Gasteiger partial charge >= 0.3 is 0 Å². The minimum atomic E-state index is -0.507. The number of hydrogen-bond acceptors (Lipinski definition) is 4. The highest BCUT2D eigenvalue weighted by Gasteiger charge is 2.11. The molecule has 0 aromatic heterocycles. The van der Waals surface area contributed by atoms with Crippen molar-refractivity contribution in [2.24, 2.45) is 5.73 Å². The first kappa shape index (κ1) is 14.3. The van der Waals surface area contributed by atoms with E-state index in [1.807, 2.05) is 19.1 Å². The molecule has 2 aromatic rings. The van der Waals surface area contributed by atoms with Crippen molar-refractivity contribution >= 4 is 17.3 Å². The highest BCUT2D eigenvalue weighted by Crippen LogP contribution is 2.32. The standard InChI is InChI=1S/C14H13ClN2O3/c1-9(16)10-2-5-12(6-3-10)20-14-7-4-11(17(18)19)8-13(14)15/h2-9H,16H2,1H3/t9-/m1/s1. The van der Waals surface area contributed by atoms with Crippen LogP contribution < -0.4 is 10.5 Å². The fourth-order valence-corrected chi connectivity index (χ4v) is 1.87. The van der Waals surface area contributed by atoms with Crippen LogP contribution in [-0.2, 0) is 0 Å². The van der Waals surface area contributed by atoms with Crippen LogP contribution in [0.4, 0.5) is 5.69 Å². The number of non-ortho nitro benzene ring substituents is 1. The summed E-state index contributed by atoms with van der Waals surface area (Å²) in [5, 5.41) is 10.8.